The highest BCUT2D eigenvalue weighted by Crippen LogP contribution is 2.26. The van der Waals surface area contributed by atoms with E-state index in [2.05, 4.69) is 102 Å². The van der Waals surface area contributed by atoms with E-state index in [4.69, 9.17) is 21.3 Å². The van der Waals surface area contributed by atoms with E-state index in [1.54, 1.807) is 0 Å². The maximum atomic E-state index is 6.13. The highest BCUT2D eigenvalue weighted by atomic mass is 35.5. The molecule has 4 aromatic rings. The second-order valence-electron chi connectivity index (χ2n) is 12.8. The number of nitrogens with zero attached hydrogens (tertiary/aromatic N) is 5. The lowest BCUT2D eigenvalue weighted by Gasteiger charge is -2.28. The van der Waals surface area contributed by atoms with E-state index in [1.807, 2.05) is 18.2 Å². The van der Waals surface area contributed by atoms with Crippen LogP contribution in [0, 0.1) is 0 Å². The first-order chi connectivity index (χ1) is 23.5. The van der Waals surface area contributed by atoms with E-state index < -0.39 is 0 Å². The quantitative estimate of drug-likeness (QED) is 0.0785. The van der Waals surface area contributed by atoms with Gasteiger partial charge < -0.3 is 24.0 Å². The highest BCUT2D eigenvalue weighted by Gasteiger charge is 2.15. The predicted molar refractivity (Wildman–Crippen MR) is 206 cm³/mol. The van der Waals surface area contributed by atoms with Crippen molar-refractivity contribution in [3.8, 4) is 5.75 Å². The van der Waals surface area contributed by atoms with Crippen molar-refractivity contribution in [2.24, 2.45) is 0 Å². The van der Waals surface area contributed by atoms with Gasteiger partial charge in [-0.2, -0.15) is 0 Å². The van der Waals surface area contributed by atoms with Crippen molar-refractivity contribution < 1.29 is 4.74 Å². The Morgan fingerprint density at radius 1 is 0.688 bits per heavy atom. The number of hydrogen-bond donors (Lipinski definition) is 0. The molecule has 262 valence electrons. The van der Waals surface area contributed by atoms with Crippen LogP contribution in [-0.2, 0) is 25.8 Å². The van der Waals surface area contributed by atoms with Gasteiger partial charge in [0.05, 0.1) is 17.6 Å². The van der Waals surface area contributed by atoms with Crippen LogP contribution in [0.2, 0.25) is 5.02 Å². The molecule has 4 rings (SSSR count). The lowest BCUT2D eigenvalue weighted by Crippen LogP contribution is -2.33. The molecule has 1 heterocycles. The number of anilines is 1. The zero-order chi connectivity index (χ0) is 34.1. The summed E-state index contributed by atoms with van der Waals surface area (Å²) < 4.78 is 8.53. The van der Waals surface area contributed by atoms with Crippen LogP contribution >= 0.6 is 11.6 Å². The van der Waals surface area contributed by atoms with Crippen LogP contribution in [0.4, 0.5) is 5.69 Å². The molecule has 0 unspecified atom stereocenters. The summed E-state index contributed by atoms with van der Waals surface area (Å²) in [6, 6.07) is 23.5. The summed E-state index contributed by atoms with van der Waals surface area (Å²) in [5.74, 6) is 2.09. The molecule has 0 saturated heterocycles. The Hall–Kier alpha value is -3.06. The molecule has 0 N–H and O–H groups in total. The van der Waals surface area contributed by atoms with Crippen LogP contribution in [0.25, 0.3) is 11.0 Å². The van der Waals surface area contributed by atoms with Gasteiger partial charge in [0.25, 0.3) is 0 Å². The first kappa shape index (κ1) is 37.8. The van der Waals surface area contributed by atoms with Crippen molar-refractivity contribution in [2.75, 3.05) is 63.9 Å². The molecule has 0 bridgehead atoms. The Morgan fingerprint density at radius 2 is 1.38 bits per heavy atom. The zero-order valence-electron chi connectivity index (χ0n) is 30.4. The third kappa shape index (κ3) is 11.5. The number of ether oxygens (including phenoxy) is 1. The first-order valence-electron chi connectivity index (χ1n) is 18.6. The summed E-state index contributed by atoms with van der Waals surface area (Å²) in [5.41, 5.74) is 6.21. The number of rotatable bonds is 23. The SMILES string of the molecule is CCCCn1c(CCc2ccc(OCCc3cccc(Cl)c3)cc2)nc2ccc(N(CCCN(CC)CC)CCCN(CC)CC)cc21. The van der Waals surface area contributed by atoms with Crippen LogP contribution in [0.1, 0.15) is 77.3 Å². The highest BCUT2D eigenvalue weighted by molar-refractivity contribution is 6.30. The van der Waals surface area contributed by atoms with Crippen molar-refractivity contribution in [1.82, 2.24) is 19.4 Å². The molecule has 6 nitrogen and oxygen atoms in total. The van der Waals surface area contributed by atoms with Gasteiger partial charge in [0, 0.05) is 43.2 Å². The molecule has 48 heavy (non-hydrogen) atoms. The summed E-state index contributed by atoms with van der Waals surface area (Å²) in [5, 5.41) is 0.769. The van der Waals surface area contributed by atoms with Gasteiger partial charge in [-0.25, -0.2) is 4.98 Å². The first-order valence-corrected chi connectivity index (χ1v) is 19.0. The fraction of sp³-hybridized carbons (Fsp3) is 0.537. The molecule has 0 radical (unpaired) electrons. The topological polar surface area (TPSA) is 36.8 Å². The van der Waals surface area contributed by atoms with Crippen molar-refractivity contribution in [1.29, 1.82) is 0 Å². The Kier molecular flexibility index (Phi) is 16.1. The standard InChI is InChI=1S/C41H60ClN5O/c1-6-11-30-47-40-33-37(46(28-13-26-44(7-2)8-3)29-14-27-45(9-4)10-5)20-23-39(40)43-41(47)24-19-34-17-21-38(22-18-34)48-31-25-35-15-12-16-36(42)32-35/h12,15-18,20-23,32-33H,6-11,13-14,19,24-31H2,1-5H3. The smallest absolute Gasteiger partial charge is 0.119 e. The molecule has 0 saturated carbocycles. The molecule has 0 aliphatic rings. The molecule has 0 aliphatic heterocycles. The molecule has 0 spiro atoms. The minimum atomic E-state index is 0.631. The second kappa shape index (κ2) is 20.5. The molecular weight excluding hydrogens is 614 g/mol. The largest absolute Gasteiger partial charge is 0.493 e. The minimum absolute atomic E-state index is 0.631. The number of fused-ring (bicyclic) bond motifs is 1. The number of aromatic nitrogens is 2. The summed E-state index contributed by atoms with van der Waals surface area (Å²) >= 11 is 6.13. The van der Waals surface area contributed by atoms with Crippen molar-refractivity contribution in [2.45, 2.75) is 86.1 Å². The maximum Gasteiger partial charge on any atom is 0.119 e. The van der Waals surface area contributed by atoms with Gasteiger partial charge in [-0.15, -0.1) is 0 Å². The number of hydrogen-bond acceptors (Lipinski definition) is 5. The van der Waals surface area contributed by atoms with Crippen LogP contribution in [0.15, 0.2) is 66.7 Å². The zero-order valence-corrected chi connectivity index (χ0v) is 31.1. The van der Waals surface area contributed by atoms with Gasteiger partial charge in [0.15, 0.2) is 0 Å². The van der Waals surface area contributed by atoms with E-state index in [1.165, 1.54) is 47.4 Å². The lowest BCUT2D eigenvalue weighted by molar-refractivity contribution is 0.295. The fourth-order valence-corrected chi connectivity index (χ4v) is 6.73. The van der Waals surface area contributed by atoms with Gasteiger partial charge in [0.1, 0.15) is 11.6 Å². The van der Waals surface area contributed by atoms with Gasteiger partial charge in [-0.3, -0.25) is 0 Å². The van der Waals surface area contributed by atoms with Crippen molar-refractivity contribution in [3.05, 3.63) is 88.7 Å². The second-order valence-corrected chi connectivity index (χ2v) is 13.3. The van der Waals surface area contributed by atoms with Crippen LogP contribution in [0.3, 0.4) is 0 Å². The predicted octanol–water partition coefficient (Wildman–Crippen LogP) is 9.17. The Labute approximate surface area is 296 Å². The lowest BCUT2D eigenvalue weighted by atomic mass is 10.1. The number of imidazole rings is 1. The van der Waals surface area contributed by atoms with E-state index >= 15 is 0 Å². The molecule has 3 aromatic carbocycles. The Balaban J connectivity index is 1.44. The molecule has 1 aromatic heterocycles. The van der Waals surface area contributed by atoms with Crippen LogP contribution in [-0.4, -0.2) is 78.3 Å². The van der Waals surface area contributed by atoms with Gasteiger partial charge >= 0.3 is 0 Å². The molecule has 0 atom stereocenters. The Morgan fingerprint density at radius 3 is 2.00 bits per heavy atom. The summed E-state index contributed by atoms with van der Waals surface area (Å²) in [6.45, 7) is 21.9. The molecule has 0 fully saturated rings. The van der Waals surface area contributed by atoms with Gasteiger partial charge in [-0.05, 0) is 119 Å². The van der Waals surface area contributed by atoms with E-state index in [9.17, 15) is 0 Å². The normalized spacial score (nSPS) is 11.7. The van der Waals surface area contributed by atoms with Crippen molar-refractivity contribution >= 4 is 28.3 Å². The summed E-state index contributed by atoms with van der Waals surface area (Å²) in [4.78, 5) is 12.9. The Bertz CT molecular complexity index is 1460. The third-order valence-corrected chi connectivity index (χ3v) is 9.85. The van der Waals surface area contributed by atoms with E-state index in [-0.39, 0.29) is 0 Å². The van der Waals surface area contributed by atoms with Crippen molar-refractivity contribution in [3.63, 3.8) is 0 Å². The number of aryl methyl sites for hydroxylation is 3. The van der Waals surface area contributed by atoms with Crippen LogP contribution < -0.4 is 9.64 Å². The number of benzene rings is 3. The monoisotopic (exact) mass is 673 g/mol. The molecular formula is C41H60ClN5O. The summed E-state index contributed by atoms with van der Waals surface area (Å²) in [7, 11) is 0. The average Bonchev–Trinajstić information content (AvgIpc) is 3.46. The third-order valence-electron chi connectivity index (χ3n) is 9.61. The average molecular weight is 674 g/mol. The van der Waals surface area contributed by atoms with Crippen LogP contribution in [0.5, 0.6) is 5.75 Å². The minimum Gasteiger partial charge on any atom is -0.493 e. The van der Waals surface area contributed by atoms with E-state index in [0.717, 1.165) is 101 Å². The van der Waals surface area contributed by atoms with E-state index in [0.29, 0.717) is 6.61 Å². The number of unbranched alkanes of at least 4 members (excludes halogenated alkanes) is 1. The molecule has 0 aliphatic carbocycles. The number of halogens is 1. The van der Waals surface area contributed by atoms with Gasteiger partial charge in [0.2, 0.25) is 0 Å². The molecule has 7 heteroatoms. The molecule has 0 amide bonds. The fourth-order valence-electron chi connectivity index (χ4n) is 6.52. The maximum absolute atomic E-state index is 6.13. The van der Waals surface area contributed by atoms with Gasteiger partial charge in [-0.1, -0.05) is 76.9 Å². The summed E-state index contributed by atoms with van der Waals surface area (Å²) in [6.07, 6.45) is 7.38.